The topological polar surface area (TPSA) is 101 Å². The number of nitrogens with two attached hydrogens (primary N) is 1. The number of urea groups is 1. The predicted octanol–water partition coefficient (Wildman–Crippen LogP) is 0.826. The van der Waals surface area contributed by atoms with Crippen LogP contribution in [-0.4, -0.2) is 41.1 Å². The SMILES string of the molecule is NC(=O)NC1CCN(C(=O)c2noc3c2CCCC3)CC1. The molecule has 1 aliphatic heterocycles. The van der Waals surface area contributed by atoms with Gasteiger partial charge in [0.15, 0.2) is 5.69 Å². The van der Waals surface area contributed by atoms with Crippen LogP contribution in [0.2, 0.25) is 0 Å². The van der Waals surface area contributed by atoms with E-state index in [-0.39, 0.29) is 11.9 Å². The molecule has 7 nitrogen and oxygen atoms in total. The van der Waals surface area contributed by atoms with Gasteiger partial charge in [0, 0.05) is 31.1 Å². The highest BCUT2D eigenvalue weighted by Crippen LogP contribution is 2.25. The van der Waals surface area contributed by atoms with Crippen LogP contribution in [0.25, 0.3) is 0 Å². The van der Waals surface area contributed by atoms with Gasteiger partial charge >= 0.3 is 6.03 Å². The minimum atomic E-state index is -0.509. The number of piperidine rings is 1. The monoisotopic (exact) mass is 292 g/mol. The minimum Gasteiger partial charge on any atom is -0.360 e. The van der Waals surface area contributed by atoms with E-state index in [0.29, 0.717) is 31.6 Å². The molecule has 114 valence electrons. The summed E-state index contributed by atoms with van der Waals surface area (Å²) in [5, 5.41) is 6.68. The molecule has 0 unspecified atom stereocenters. The van der Waals surface area contributed by atoms with Gasteiger partial charge in [-0.25, -0.2) is 4.79 Å². The molecule has 0 saturated carbocycles. The second-order valence-electron chi connectivity index (χ2n) is 5.72. The number of aromatic nitrogens is 1. The van der Waals surface area contributed by atoms with Gasteiger partial charge in [0.05, 0.1) is 0 Å². The first kappa shape index (κ1) is 13.9. The number of likely N-dealkylation sites (tertiary alicyclic amines) is 1. The molecule has 0 spiro atoms. The summed E-state index contributed by atoms with van der Waals surface area (Å²) in [6.07, 6.45) is 5.36. The molecule has 2 heterocycles. The Bertz CT molecular complexity index is 546. The Morgan fingerprint density at radius 2 is 1.95 bits per heavy atom. The Morgan fingerprint density at radius 1 is 1.24 bits per heavy atom. The van der Waals surface area contributed by atoms with Crippen molar-refractivity contribution in [3.63, 3.8) is 0 Å². The summed E-state index contributed by atoms with van der Waals surface area (Å²) >= 11 is 0. The van der Waals surface area contributed by atoms with Gasteiger partial charge in [-0.15, -0.1) is 0 Å². The number of carbonyl (C=O) groups excluding carboxylic acids is 2. The molecule has 1 aromatic heterocycles. The van der Waals surface area contributed by atoms with Crippen molar-refractivity contribution in [2.45, 2.75) is 44.6 Å². The summed E-state index contributed by atoms with van der Waals surface area (Å²) in [5.41, 5.74) is 6.59. The Labute approximate surface area is 122 Å². The van der Waals surface area contributed by atoms with E-state index in [0.717, 1.165) is 37.0 Å². The highest BCUT2D eigenvalue weighted by Gasteiger charge is 2.30. The van der Waals surface area contributed by atoms with Gasteiger partial charge in [-0.2, -0.15) is 0 Å². The van der Waals surface area contributed by atoms with Crippen LogP contribution in [0.4, 0.5) is 4.79 Å². The number of fused-ring (bicyclic) bond motifs is 1. The van der Waals surface area contributed by atoms with E-state index < -0.39 is 6.03 Å². The zero-order chi connectivity index (χ0) is 14.8. The summed E-state index contributed by atoms with van der Waals surface area (Å²) < 4.78 is 5.30. The van der Waals surface area contributed by atoms with Crippen molar-refractivity contribution in [2.75, 3.05) is 13.1 Å². The van der Waals surface area contributed by atoms with E-state index >= 15 is 0 Å². The van der Waals surface area contributed by atoms with Crippen LogP contribution in [0, 0.1) is 0 Å². The molecule has 3 amide bonds. The standard InChI is InChI=1S/C14H20N4O3/c15-14(20)16-9-5-7-18(8-6-9)13(19)12-10-3-1-2-4-11(10)21-17-12/h9H,1-8H2,(H3,15,16,20). The van der Waals surface area contributed by atoms with Crippen LogP contribution >= 0.6 is 0 Å². The Hall–Kier alpha value is -2.05. The summed E-state index contributed by atoms with van der Waals surface area (Å²) in [6, 6.07) is -0.455. The molecule has 3 rings (SSSR count). The lowest BCUT2D eigenvalue weighted by molar-refractivity contribution is 0.0697. The van der Waals surface area contributed by atoms with Crippen LogP contribution in [0.5, 0.6) is 0 Å². The van der Waals surface area contributed by atoms with Gasteiger partial charge in [0.2, 0.25) is 0 Å². The summed E-state index contributed by atoms with van der Waals surface area (Å²) in [5.74, 6) is 0.814. The maximum Gasteiger partial charge on any atom is 0.312 e. The molecule has 0 radical (unpaired) electrons. The Balaban J connectivity index is 1.64. The van der Waals surface area contributed by atoms with Gasteiger partial charge in [-0.05, 0) is 32.1 Å². The van der Waals surface area contributed by atoms with E-state index in [9.17, 15) is 9.59 Å². The second-order valence-corrected chi connectivity index (χ2v) is 5.72. The lowest BCUT2D eigenvalue weighted by atomic mass is 9.95. The molecule has 1 aromatic rings. The lowest BCUT2D eigenvalue weighted by Crippen LogP contribution is -2.48. The van der Waals surface area contributed by atoms with E-state index in [1.807, 2.05) is 0 Å². The molecule has 0 bridgehead atoms. The smallest absolute Gasteiger partial charge is 0.312 e. The number of hydrogen-bond acceptors (Lipinski definition) is 4. The number of amides is 3. The van der Waals surface area contributed by atoms with Crippen LogP contribution < -0.4 is 11.1 Å². The third-order valence-corrected chi connectivity index (χ3v) is 4.28. The van der Waals surface area contributed by atoms with Crippen LogP contribution in [-0.2, 0) is 12.8 Å². The van der Waals surface area contributed by atoms with Crippen molar-refractivity contribution in [1.29, 1.82) is 0 Å². The molecule has 3 N–H and O–H groups in total. The second kappa shape index (κ2) is 5.75. The van der Waals surface area contributed by atoms with Gasteiger partial charge in [-0.3, -0.25) is 4.79 Å². The van der Waals surface area contributed by atoms with Crippen molar-refractivity contribution in [2.24, 2.45) is 5.73 Å². The average Bonchev–Trinajstić information content (AvgIpc) is 2.90. The number of nitrogens with zero attached hydrogens (tertiary/aromatic N) is 2. The Morgan fingerprint density at radius 3 is 2.67 bits per heavy atom. The van der Waals surface area contributed by atoms with Crippen molar-refractivity contribution in [1.82, 2.24) is 15.4 Å². The number of aryl methyl sites for hydroxylation is 1. The summed E-state index contributed by atoms with van der Waals surface area (Å²) in [4.78, 5) is 25.2. The fourth-order valence-corrected chi connectivity index (χ4v) is 3.13. The molecule has 0 aromatic carbocycles. The molecule has 21 heavy (non-hydrogen) atoms. The molecule has 1 aliphatic carbocycles. The largest absolute Gasteiger partial charge is 0.360 e. The van der Waals surface area contributed by atoms with Crippen LogP contribution in [0.15, 0.2) is 4.52 Å². The molecule has 0 atom stereocenters. The number of nitrogens with one attached hydrogen (secondary N) is 1. The predicted molar refractivity (Wildman–Crippen MR) is 74.8 cm³/mol. The maximum absolute atomic E-state index is 12.6. The minimum absolute atomic E-state index is 0.0535. The van der Waals surface area contributed by atoms with Crippen molar-refractivity contribution < 1.29 is 14.1 Å². The molecule has 1 fully saturated rings. The molecule has 7 heteroatoms. The number of primary amides is 1. The highest BCUT2D eigenvalue weighted by molar-refractivity contribution is 5.94. The third kappa shape index (κ3) is 2.86. The highest BCUT2D eigenvalue weighted by atomic mass is 16.5. The number of hydrogen-bond donors (Lipinski definition) is 2. The first-order valence-electron chi connectivity index (χ1n) is 7.48. The van der Waals surface area contributed by atoms with Gasteiger partial charge in [0.25, 0.3) is 5.91 Å². The van der Waals surface area contributed by atoms with Gasteiger partial charge < -0.3 is 20.5 Å². The summed E-state index contributed by atoms with van der Waals surface area (Å²) in [7, 11) is 0. The molecule has 1 saturated heterocycles. The quantitative estimate of drug-likeness (QED) is 0.842. The van der Waals surface area contributed by atoms with E-state index in [2.05, 4.69) is 10.5 Å². The normalized spacial score (nSPS) is 19.1. The summed E-state index contributed by atoms with van der Waals surface area (Å²) in [6.45, 7) is 1.21. The van der Waals surface area contributed by atoms with Crippen molar-refractivity contribution in [3.05, 3.63) is 17.0 Å². The molecular weight excluding hydrogens is 272 g/mol. The third-order valence-electron chi connectivity index (χ3n) is 4.28. The Kier molecular flexibility index (Phi) is 3.81. The van der Waals surface area contributed by atoms with Gasteiger partial charge in [0.1, 0.15) is 5.76 Å². The first-order valence-corrected chi connectivity index (χ1v) is 7.48. The van der Waals surface area contributed by atoms with E-state index in [1.54, 1.807) is 4.90 Å². The number of carbonyl (C=O) groups is 2. The first-order chi connectivity index (χ1) is 10.1. The fraction of sp³-hybridized carbons (Fsp3) is 0.643. The van der Waals surface area contributed by atoms with Crippen molar-refractivity contribution in [3.8, 4) is 0 Å². The maximum atomic E-state index is 12.6. The molecule has 2 aliphatic rings. The average molecular weight is 292 g/mol. The zero-order valence-electron chi connectivity index (χ0n) is 11.9. The van der Waals surface area contributed by atoms with Gasteiger partial charge in [-0.1, -0.05) is 5.16 Å². The zero-order valence-corrected chi connectivity index (χ0v) is 11.9. The lowest BCUT2D eigenvalue weighted by Gasteiger charge is -2.31. The van der Waals surface area contributed by atoms with Crippen LogP contribution in [0.1, 0.15) is 47.5 Å². The van der Waals surface area contributed by atoms with E-state index in [4.69, 9.17) is 10.3 Å². The van der Waals surface area contributed by atoms with Crippen LogP contribution in [0.3, 0.4) is 0 Å². The molecular formula is C14H20N4O3. The fourth-order valence-electron chi connectivity index (χ4n) is 3.13. The number of rotatable bonds is 2. The van der Waals surface area contributed by atoms with Crippen molar-refractivity contribution >= 4 is 11.9 Å². The van der Waals surface area contributed by atoms with E-state index in [1.165, 1.54) is 0 Å².